The third-order valence-corrected chi connectivity index (χ3v) is 7.50. The van der Waals surface area contributed by atoms with Crippen LogP contribution in [0.1, 0.15) is 37.7 Å². The van der Waals surface area contributed by atoms with Crippen molar-refractivity contribution in [3.8, 4) is 17.2 Å². The summed E-state index contributed by atoms with van der Waals surface area (Å²) >= 11 is 0. The summed E-state index contributed by atoms with van der Waals surface area (Å²) in [6.07, 6.45) is 4.76. The number of rotatable bonds is 7. The van der Waals surface area contributed by atoms with E-state index in [4.69, 9.17) is 14.2 Å². The number of aliphatic hydroxyl groups is 1. The molecule has 0 aromatic heterocycles. The molecule has 0 bridgehead atoms. The number of nitrogens with zero attached hydrogens (tertiary/aromatic N) is 1. The van der Waals surface area contributed by atoms with E-state index in [9.17, 15) is 9.90 Å². The third kappa shape index (κ3) is 4.21. The molecule has 0 amide bonds. The molecule has 2 aliphatic heterocycles. The topological polar surface area (TPSA) is 68.2 Å². The van der Waals surface area contributed by atoms with Gasteiger partial charge in [0.05, 0.1) is 0 Å². The summed E-state index contributed by atoms with van der Waals surface area (Å²) in [4.78, 5) is 15.3. The lowest BCUT2D eigenvalue weighted by molar-refractivity contribution is -0.154. The van der Waals surface area contributed by atoms with Crippen molar-refractivity contribution in [3.63, 3.8) is 0 Å². The molecule has 6 nitrogen and oxygen atoms in total. The number of hydrogen-bond donors (Lipinski definition) is 1. The van der Waals surface area contributed by atoms with Gasteiger partial charge in [0.2, 0.25) is 6.79 Å². The van der Waals surface area contributed by atoms with Crippen molar-refractivity contribution in [2.24, 2.45) is 11.3 Å². The van der Waals surface area contributed by atoms with Crippen LogP contribution in [-0.4, -0.2) is 48.5 Å². The van der Waals surface area contributed by atoms with Crippen LogP contribution in [0.25, 0.3) is 0 Å². The number of para-hydroxylation sites is 1. The Labute approximate surface area is 189 Å². The van der Waals surface area contributed by atoms with Crippen molar-refractivity contribution in [2.75, 3.05) is 26.4 Å². The summed E-state index contributed by atoms with van der Waals surface area (Å²) in [5, 5.41) is 11.2. The third-order valence-electron chi connectivity index (χ3n) is 7.50. The van der Waals surface area contributed by atoms with Gasteiger partial charge in [0.25, 0.3) is 0 Å². The number of fused-ring (bicyclic) bond motifs is 1. The van der Waals surface area contributed by atoms with Gasteiger partial charge in [-0.05, 0) is 68.0 Å². The van der Waals surface area contributed by atoms with Crippen molar-refractivity contribution in [3.05, 3.63) is 54.1 Å². The van der Waals surface area contributed by atoms with Gasteiger partial charge >= 0.3 is 5.97 Å². The van der Waals surface area contributed by atoms with Gasteiger partial charge < -0.3 is 24.2 Å². The molecule has 1 saturated heterocycles. The van der Waals surface area contributed by atoms with Crippen LogP contribution in [0.4, 0.5) is 0 Å². The first-order valence-corrected chi connectivity index (χ1v) is 11.7. The first-order chi connectivity index (χ1) is 15.6. The fraction of sp³-hybridized carbons (Fsp3) is 0.500. The van der Waals surface area contributed by atoms with Crippen molar-refractivity contribution in [2.45, 2.75) is 44.6 Å². The predicted octanol–water partition coefficient (Wildman–Crippen LogP) is 3.81. The van der Waals surface area contributed by atoms with E-state index in [-0.39, 0.29) is 5.41 Å². The average Bonchev–Trinajstić information content (AvgIpc) is 3.58. The number of hydrogen-bond acceptors (Lipinski definition) is 6. The highest BCUT2D eigenvalue weighted by atomic mass is 16.7. The summed E-state index contributed by atoms with van der Waals surface area (Å²) in [5.74, 6) is 1.92. The molecule has 0 unspecified atom stereocenters. The Bertz CT molecular complexity index is 940. The highest BCUT2D eigenvalue weighted by Gasteiger charge is 2.51. The van der Waals surface area contributed by atoms with E-state index in [1.165, 1.54) is 5.56 Å². The van der Waals surface area contributed by atoms with Gasteiger partial charge in [-0.1, -0.05) is 37.1 Å². The number of ether oxygens (including phenoxy) is 3. The molecule has 2 aromatic carbocycles. The van der Waals surface area contributed by atoms with Crippen LogP contribution in [0.15, 0.2) is 48.5 Å². The number of aliphatic hydroxyl groups excluding tert-OH is 1. The first-order valence-electron chi connectivity index (χ1n) is 11.7. The largest absolute Gasteiger partial charge is 0.454 e. The number of carbonyl (C=O) groups is 1. The minimum Gasteiger partial charge on any atom is -0.454 e. The monoisotopic (exact) mass is 437 g/mol. The molecule has 2 fully saturated rings. The molecular weight excluding hydrogens is 406 g/mol. The van der Waals surface area contributed by atoms with E-state index in [2.05, 4.69) is 17.0 Å². The lowest BCUT2D eigenvalue weighted by Gasteiger charge is -2.38. The van der Waals surface area contributed by atoms with Crippen LogP contribution in [0.2, 0.25) is 0 Å². The van der Waals surface area contributed by atoms with Crippen LogP contribution < -0.4 is 14.2 Å². The second-order valence-electron chi connectivity index (χ2n) is 9.30. The Balaban J connectivity index is 1.21. The number of carbonyl (C=O) groups excluding carboxylic acids is 1. The molecule has 1 aliphatic carbocycles. The van der Waals surface area contributed by atoms with Gasteiger partial charge in [0.1, 0.15) is 5.75 Å². The zero-order chi connectivity index (χ0) is 22.0. The summed E-state index contributed by atoms with van der Waals surface area (Å²) in [6.45, 7) is 3.16. The van der Waals surface area contributed by atoms with E-state index in [0.29, 0.717) is 18.5 Å². The van der Waals surface area contributed by atoms with Crippen LogP contribution in [-0.2, 0) is 11.2 Å². The smallest absolute Gasteiger partial charge is 0.340 e. The van der Waals surface area contributed by atoms with Crippen molar-refractivity contribution in [1.29, 1.82) is 0 Å². The van der Waals surface area contributed by atoms with Gasteiger partial charge in [0, 0.05) is 18.5 Å². The Morgan fingerprint density at radius 2 is 1.91 bits per heavy atom. The molecule has 2 heterocycles. The quantitative estimate of drug-likeness (QED) is 0.525. The molecule has 3 aliphatic rings. The number of benzene rings is 2. The summed E-state index contributed by atoms with van der Waals surface area (Å²) in [6, 6.07) is 15.2. The minimum atomic E-state index is -1.08. The van der Waals surface area contributed by atoms with Crippen molar-refractivity contribution < 1.29 is 24.1 Å². The zero-order valence-corrected chi connectivity index (χ0v) is 18.4. The normalized spacial score (nSPS) is 22.7. The molecule has 2 atom stereocenters. The fourth-order valence-electron chi connectivity index (χ4n) is 5.72. The van der Waals surface area contributed by atoms with Crippen LogP contribution in [0.3, 0.4) is 0 Å². The maximum absolute atomic E-state index is 12.8. The molecule has 6 heteroatoms. The fourth-order valence-corrected chi connectivity index (χ4v) is 5.72. The van der Waals surface area contributed by atoms with Gasteiger partial charge in [0.15, 0.2) is 17.6 Å². The van der Waals surface area contributed by atoms with Gasteiger partial charge in [-0.15, -0.1) is 0 Å². The van der Waals surface area contributed by atoms with E-state index in [1.54, 1.807) is 12.1 Å². The molecule has 170 valence electrons. The lowest BCUT2D eigenvalue weighted by Crippen LogP contribution is -2.47. The predicted molar refractivity (Wildman–Crippen MR) is 120 cm³/mol. The first kappa shape index (κ1) is 21.3. The van der Waals surface area contributed by atoms with Gasteiger partial charge in [-0.2, -0.15) is 0 Å². The van der Waals surface area contributed by atoms with Crippen LogP contribution in [0, 0.1) is 11.3 Å². The van der Waals surface area contributed by atoms with E-state index in [0.717, 1.165) is 69.7 Å². The summed E-state index contributed by atoms with van der Waals surface area (Å²) in [7, 11) is 0. The molecule has 0 radical (unpaired) electrons. The molecule has 5 rings (SSSR count). The second kappa shape index (κ2) is 9.12. The summed E-state index contributed by atoms with van der Waals surface area (Å²) in [5.41, 5.74) is 0.860. The van der Waals surface area contributed by atoms with Crippen LogP contribution >= 0.6 is 0 Å². The van der Waals surface area contributed by atoms with Crippen LogP contribution in [0.5, 0.6) is 17.2 Å². The lowest BCUT2D eigenvalue weighted by atomic mass is 9.69. The SMILES string of the molecule is O=C(Oc1ccccc1)[C@H](O)C1([C@@H]2CCN(CCc3ccc4c(c3)OCO4)C2)CCCC1. The summed E-state index contributed by atoms with van der Waals surface area (Å²) < 4.78 is 16.4. The molecule has 2 aromatic rings. The number of likely N-dealkylation sites (tertiary alicyclic amines) is 1. The maximum Gasteiger partial charge on any atom is 0.340 e. The van der Waals surface area contributed by atoms with E-state index < -0.39 is 12.1 Å². The molecule has 1 N–H and O–H groups in total. The highest BCUT2D eigenvalue weighted by Crippen LogP contribution is 2.50. The molecular formula is C26H31NO5. The van der Waals surface area contributed by atoms with Crippen molar-refractivity contribution >= 4 is 5.97 Å². The zero-order valence-electron chi connectivity index (χ0n) is 18.4. The maximum atomic E-state index is 12.8. The van der Waals surface area contributed by atoms with Crippen molar-refractivity contribution in [1.82, 2.24) is 4.90 Å². The van der Waals surface area contributed by atoms with Gasteiger partial charge in [-0.3, -0.25) is 0 Å². The minimum absolute atomic E-state index is 0.295. The molecule has 1 saturated carbocycles. The molecule has 32 heavy (non-hydrogen) atoms. The van der Waals surface area contributed by atoms with E-state index >= 15 is 0 Å². The Kier molecular flexibility index (Phi) is 6.07. The Hall–Kier alpha value is -2.57. The number of esters is 1. The highest BCUT2D eigenvalue weighted by molar-refractivity contribution is 5.78. The Morgan fingerprint density at radius 1 is 1.12 bits per heavy atom. The Morgan fingerprint density at radius 3 is 2.72 bits per heavy atom. The second-order valence-corrected chi connectivity index (χ2v) is 9.30. The average molecular weight is 438 g/mol. The van der Waals surface area contributed by atoms with Gasteiger partial charge in [-0.25, -0.2) is 4.79 Å². The standard InChI is InChI=1S/C26H31NO5/c28-24(25(29)32-21-6-2-1-3-7-21)26(12-4-5-13-26)20-11-15-27(17-20)14-10-19-8-9-22-23(16-19)31-18-30-22/h1-3,6-9,16,20,24,28H,4-5,10-15,17-18H2/t20-,24+/m1/s1. The molecule has 0 spiro atoms. The van der Waals surface area contributed by atoms with E-state index in [1.807, 2.05) is 24.3 Å².